The van der Waals surface area contributed by atoms with Gasteiger partial charge in [-0.15, -0.1) is 0 Å². The molecule has 0 aromatic heterocycles. The van der Waals surface area contributed by atoms with Crippen molar-refractivity contribution in [1.82, 2.24) is 0 Å². The highest BCUT2D eigenvalue weighted by Crippen LogP contribution is 2.25. The number of rotatable bonds is 5. The number of benzene rings is 1. The monoisotopic (exact) mass is 332 g/mol. The fourth-order valence-electron chi connectivity index (χ4n) is 1.48. The highest BCUT2D eigenvalue weighted by molar-refractivity contribution is 9.10. The maximum Gasteiger partial charge on any atom is 0.336 e. The summed E-state index contributed by atoms with van der Waals surface area (Å²) in [6.07, 6.45) is -3.11. The summed E-state index contributed by atoms with van der Waals surface area (Å²) < 4.78 is 4.74. The maximum absolute atomic E-state index is 11.0. The normalized spacial score (nSPS) is 13.7. The fourth-order valence-corrected chi connectivity index (χ4v) is 1.89. The van der Waals surface area contributed by atoms with Gasteiger partial charge in [-0.2, -0.15) is 0 Å². The van der Waals surface area contributed by atoms with Crippen molar-refractivity contribution in [3.8, 4) is 0 Å². The van der Waals surface area contributed by atoms with E-state index < -0.39 is 24.1 Å². The van der Waals surface area contributed by atoms with E-state index >= 15 is 0 Å². The minimum Gasteiger partial charge on any atom is -0.478 e. The molecule has 0 heterocycles. The van der Waals surface area contributed by atoms with Crippen LogP contribution >= 0.6 is 15.9 Å². The molecule has 0 aliphatic rings. The Morgan fingerprint density at radius 3 is 2.53 bits per heavy atom. The van der Waals surface area contributed by atoms with Crippen LogP contribution in [0.2, 0.25) is 0 Å². The van der Waals surface area contributed by atoms with Crippen molar-refractivity contribution < 1.29 is 29.6 Å². The Morgan fingerprint density at radius 2 is 2.00 bits per heavy atom. The predicted octanol–water partition coefficient (Wildman–Crippen LogP) is 1.10. The second-order valence-electron chi connectivity index (χ2n) is 3.84. The fraction of sp³-hybridized carbons (Fsp3) is 0.333. The molecular weight excluding hydrogens is 320 g/mol. The molecule has 19 heavy (non-hydrogen) atoms. The van der Waals surface area contributed by atoms with Crippen LogP contribution < -0.4 is 0 Å². The molecular formula is C12H13BrO6. The lowest BCUT2D eigenvalue weighted by molar-refractivity contribution is -0.144. The van der Waals surface area contributed by atoms with E-state index in [0.717, 1.165) is 0 Å². The lowest BCUT2D eigenvalue weighted by Gasteiger charge is -2.17. The number of aromatic carboxylic acids is 1. The zero-order valence-corrected chi connectivity index (χ0v) is 11.6. The SMILES string of the molecule is COC(=O)CC(O)C(O)c1ccc(Br)c(C(=O)O)c1. The van der Waals surface area contributed by atoms with Crippen molar-refractivity contribution in [3.05, 3.63) is 33.8 Å². The van der Waals surface area contributed by atoms with E-state index in [-0.39, 0.29) is 17.5 Å². The van der Waals surface area contributed by atoms with Crippen LogP contribution in [0.4, 0.5) is 0 Å². The van der Waals surface area contributed by atoms with Crippen molar-refractivity contribution in [2.45, 2.75) is 18.6 Å². The van der Waals surface area contributed by atoms with E-state index in [9.17, 15) is 19.8 Å². The topological polar surface area (TPSA) is 104 Å². The van der Waals surface area contributed by atoms with Crippen molar-refractivity contribution >= 4 is 27.9 Å². The number of esters is 1. The highest BCUT2D eigenvalue weighted by atomic mass is 79.9. The van der Waals surface area contributed by atoms with Crippen LogP contribution in [-0.2, 0) is 9.53 Å². The first-order valence-corrected chi connectivity index (χ1v) is 6.11. The summed E-state index contributed by atoms with van der Waals surface area (Å²) in [4.78, 5) is 21.9. The van der Waals surface area contributed by atoms with Crippen LogP contribution in [0.25, 0.3) is 0 Å². The summed E-state index contributed by atoms with van der Waals surface area (Å²) >= 11 is 3.07. The number of carbonyl (C=O) groups is 2. The summed E-state index contributed by atoms with van der Waals surface area (Å²) in [5.41, 5.74) is 0.166. The molecule has 2 unspecified atom stereocenters. The number of carboxylic acids is 1. The van der Waals surface area contributed by atoms with E-state index in [4.69, 9.17) is 5.11 Å². The zero-order valence-electron chi connectivity index (χ0n) is 10.0. The van der Waals surface area contributed by atoms with Crippen molar-refractivity contribution in [2.24, 2.45) is 0 Å². The molecule has 0 saturated carbocycles. The quantitative estimate of drug-likeness (QED) is 0.697. The number of aliphatic hydroxyl groups excluding tert-OH is 2. The molecule has 0 bridgehead atoms. The van der Waals surface area contributed by atoms with Gasteiger partial charge in [0, 0.05) is 4.47 Å². The zero-order chi connectivity index (χ0) is 14.6. The Bertz CT molecular complexity index is 487. The van der Waals surface area contributed by atoms with Gasteiger partial charge < -0.3 is 20.1 Å². The number of hydrogen-bond acceptors (Lipinski definition) is 5. The molecule has 3 N–H and O–H groups in total. The number of carboxylic acid groups (broad SMARTS) is 1. The molecule has 104 valence electrons. The molecule has 0 amide bonds. The molecule has 2 atom stereocenters. The largest absolute Gasteiger partial charge is 0.478 e. The molecule has 0 aliphatic carbocycles. The molecule has 6 nitrogen and oxygen atoms in total. The second-order valence-corrected chi connectivity index (χ2v) is 4.69. The predicted molar refractivity (Wildman–Crippen MR) is 68.7 cm³/mol. The van der Waals surface area contributed by atoms with Crippen LogP contribution in [0.5, 0.6) is 0 Å². The summed E-state index contributed by atoms with van der Waals surface area (Å²) in [5.74, 6) is -1.83. The summed E-state index contributed by atoms with van der Waals surface area (Å²) in [6, 6.07) is 4.14. The number of methoxy groups -OCH3 is 1. The summed E-state index contributed by atoms with van der Waals surface area (Å²) in [5, 5.41) is 28.5. The molecule has 1 aromatic carbocycles. The minimum atomic E-state index is -1.37. The Kier molecular flexibility index (Phi) is 5.46. The van der Waals surface area contributed by atoms with E-state index in [1.165, 1.54) is 25.3 Å². The number of aliphatic hydroxyl groups is 2. The van der Waals surface area contributed by atoms with Gasteiger partial charge in [-0.05, 0) is 33.6 Å². The third kappa shape index (κ3) is 4.02. The van der Waals surface area contributed by atoms with Gasteiger partial charge in [0.15, 0.2) is 0 Å². The van der Waals surface area contributed by atoms with Crippen molar-refractivity contribution in [3.63, 3.8) is 0 Å². The van der Waals surface area contributed by atoms with Gasteiger partial charge in [0.25, 0.3) is 0 Å². The van der Waals surface area contributed by atoms with E-state index in [1.54, 1.807) is 0 Å². The Hall–Kier alpha value is -1.44. The number of halogens is 1. The summed E-state index contributed by atoms with van der Waals surface area (Å²) in [7, 11) is 1.17. The van der Waals surface area contributed by atoms with Crippen molar-refractivity contribution in [1.29, 1.82) is 0 Å². The lowest BCUT2D eigenvalue weighted by atomic mass is 10.00. The van der Waals surface area contributed by atoms with Gasteiger partial charge in [0.2, 0.25) is 0 Å². The van der Waals surface area contributed by atoms with Gasteiger partial charge in [-0.3, -0.25) is 4.79 Å². The van der Waals surface area contributed by atoms with E-state index in [0.29, 0.717) is 4.47 Å². The smallest absolute Gasteiger partial charge is 0.336 e. The first kappa shape index (κ1) is 15.6. The summed E-state index contributed by atoms with van der Waals surface area (Å²) in [6.45, 7) is 0. The number of carbonyl (C=O) groups excluding carboxylic acids is 1. The molecule has 0 saturated heterocycles. The number of hydrogen-bond donors (Lipinski definition) is 3. The first-order chi connectivity index (χ1) is 8.86. The Balaban J connectivity index is 2.93. The standard InChI is InChI=1S/C12H13BrO6/c1-19-10(15)5-9(14)11(16)6-2-3-8(13)7(4-6)12(17)18/h2-4,9,11,14,16H,5H2,1H3,(H,17,18). The van der Waals surface area contributed by atoms with Gasteiger partial charge >= 0.3 is 11.9 Å². The molecule has 7 heteroatoms. The van der Waals surface area contributed by atoms with Crippen LogP contribution in [0.15, 0.2) is 22.7 Å². The average Bonchev–Trinajstić information content (AvgIpc) is 2.37. The maximum atomic E-state index is 11.0. The Labute approximate surface area is 117 Å². The first-order valence-electron chi connectivity index (χ1n) is 5.32. The third-order valence-corrected chi connectivity index (χ3v) is 3.22. The minimum absolute atomic E-state index is 0.0400. The average molecular weight is 333 g/mol. The van der Waals surface area contributed by atoms with Gasteiger partial charge in [0.1, 0.15) is 6.10 Å². The van der Waals surface area contributed by atoms with Crippen molar-refractivity contribution in [2.75, 3.05) is 7.11 Å². The number of ether oxygens (including phenoxy) is 1. The Morgan fingerprint density at radius 1 is 1.37 bits per heavy atom. The van der Waals surface area contributed by atoms with Crippen LogP contribution in [0, 0.1) is 0 Å². The van der Waals surface area contributed by atoms with E-state index in [2.05, 4.69) is 20.7 Å². The van der Waals surface area contributed by atoms with Crippen LogP contribution in [-0.4, -0.2) is 40.5 Å². The van der Waals surface area contributed by atoms with E-state index in [1.807, 2.05) is 0 Å². The highest BCUT2D eigenvalue weighted by Gasteiger charge is 2.23. The van der Waals surface area contributed by atoms with Crippen LogP contribution in [0.3, 0.4) is 0 Å². The van der Waals surface area contributed by atoms with Gasteiger partial charge in [-0.25, -0.2) is 4.79 Å². The van der Waals surface area contributed by atoms with Crippen LogP contribution in [0.1, 0.15) is 28.4 Å². The second kappa shape index (κ2) is 6.65. The van der Waals surface area contributed by atoms with Gasteiger partial charge in [0.05, 0.1) is 25.2 Å². The molecule has 0 fully saturated rings. The molecule has 0 spiro atoms. The third-order valence-electron chi connectivity index (χ3n) is 2.53. The molecule has 0 radical (unpaired) electrons. The molecule has 1 rings (SSSR count). The lowest BCUT2D eigenvalue weighted by Crippen LogP contribution is -2.22. The van der Waals surface area contributed by atoms with Gasteiger partial charge in [-0.1, -0.05) is 6.07 Å². The molecule has 0 aliphatic heterocycles. The molecule has 1 aromatic rings.